The summed E-state index contributed by atoms with van der Waals surface area (Å²) >= 11 is 0. The van der Waals surface area contributed by atoms with E-state index >= 15 is 0 Å². The van der Waals surface area contributed by atoms with Crippen molar-refractivity contribution < 1.29 is 9.53 Å². The Morgan fingerprint density at radius 2 is 2.14 bits per heavy atom. The summed E-state index contributed by atoms with van der Waals surface area (Å²) in [7, 11) is 1.90. The van der Waals surface area contributed by atoms with Gasteiger partial charge in [-0.05, 0) is 50.8 Å². The van der Waals surface area contributed by atoms with E-state index in [0.29, 0.717) is 11.8 Å². The maximum absolute atomic E-state index is 12.3. The first-order valence-electron chi connectivity index (χ1n) is 9.61. The van der Waals surface area contributed by atoms with Crippen LogP contribution in [-0.4, -0.2) is 32.3 Å². The first-order valence-corrected chi connectivity index (χ1v) is 9.61. The van der Waals surface area contributed by atoms with Gasteiger partial charge in [-0.2, -0.15) is 10.1 Å². The van der Waals surface area contributed by atoms with Crippen LogP contribution >= 0.6 is 0 Å². The summed E-state index contributed by atoms with van der Waals surface area (Å²) in [5, 5.41) is 8.68. The van der Waals surface area contributed by atoms with E-state index in [9.17, 15) is 4.79 Å². The molecule has 146 valence electrons. The topological polar surface area (TPSA) is 81.9 Å². The number of aromatic nitrogens is 4. The van der Waals surface area contributed by atoms with Crippen LogP contribution < -0.4 is 10.1 Å². The van der Waals surface area contributed by atoms with Crippen molar-refractivity contribution in [3.63, 3.8) is 0 Å². The minimum absolute atomic E-state index is 0.0884. The lowest BCUT2D eigenvalue weighted by Gasteiger charge is -2.14. The van der Waals surface area contributed by atoms with E-state index < -0.39 is 0 Å². The highest BCUT2D eigenvalue weighted by Gasteiger charge is 2.30. The predicted octanol–water partition coefficient (Wildman–Crippen LogP) is 3.11. The van der Waals surface area contributed by atoms with Crippen molar-refractivity contribution in [2.75, 3.05) is 6.61 Å². The second-order valence-electron chi connectivity index (χ2n) is 7.57. The largest absolute Gasteiger partial charge is 0.468 e. The number of nitrogens with zero attached hydrogens (tertiary/aromatic N) is 4. The second kappa shape index (κ2) is 7.22. The van der Waals surface area contributed by atoms with Crippen molar-refractivity contribution in [3.8, 4) is 5.88 Å². The smallest absolute Gasteiger partial charge is 0.258 e. The fourth-order valence-corrected chi connectivity index (χ4v) is 3.39. The summed E-state index contributed by atoms with van der Waals surface area (Å²) in [5.74, 6) is 0.797. The molecule has 1 aliphatic carbocycles. The van der Waals surface area contributed by atoms with Gasteiger partial charge in [-0.3, -0.25) is 14.5 Å². The Morgan fingerprint density at radius 1 is 1.36 bits per heavy atom. The molecule has 7 nitrogen and oxygen atoms in total. The van der Waals surface area contributed by atoms with Crippen LogP contribution in [-0.2, 0) is 11.8 Å². The van der Waals surface area contributed by atoms with E-state index in [-0.39, 0.29) is 18.6 Å². The van der Waals surface area contributed by atoms with Gasteiger partial charge in [-0.15, -0.1) is 0 Å². The van der Waals surface area contributed by atoms with Crippen molar-refractivity contribution in [2.24, 2.45) is 7.05 Å². The number of rotatable bonds is 6. The van der Waals surface area contributed by atoms with Crippen molar-refractivity contribution in [3.05, 3.63) is 46.9 Å². The van der Waals surface area contributed by atoms with Gasteiger partial charge in [0.2, 0.25) is 5.88 Å². The first kappa shape index (κ1) is 18.4. The van der Waals surface area contributed by atoms with Crippen LogP contribution in [0.25, 0.3) is 11.0 Å². The van der Waals surface area contributed by atoms with Crippen molar-refractivity contribution in [1.29, 1.82) is 0 Å². The monoisotopic (exact) mass is 379 g/mol. The second-order valence-corrected chi connectivity index (χ2v) is 7.57. The molecule has 1 aliphatic rings. The van der Waals surface area contributed by atoms with Crippen molar-refractivity contribution >= 4 is 16.9 Å². The van der Waals surface area contributed by atoms with Crippen LogP contribution in [0.3, 0.4) is 0 Å². The molecule has 7 heteroatoms. The van der Waals surface area contributed by atoms with Crippen LogP contribution in [0.2, 0.25) is 0 Å². The minimum atomic E-state index is -0.198. The highest BCUT2D eigenvalue weighted by atomic mass is 16.5. The molecule has 1 unspecified atom stereocenters. The molecule has 4 rings (SSSR count). The Labute approximate surface area is 164 Å². The summed E-state index contributed by atoms with van der Waals surface area (Å²) < 4.78 is 7.47. The quantitative estimate of drug-likeness (QED) is 0.712. The van der Waals surface area contributed by atoms with Gasteiger partial charge < -0.3 is 10.1 Å². The molecule has 1 saturated carbocycles. The molecule has 3 aromatic rings. The number of nitrogens with one attached hydrogen (secondary N) is 1. The standard InChI is InChI=1S/C21H25N5O2/c1-12-9-18(24-21-19(12)20(15-7-8-15)25-26(21)4)28-11-17(27)23-14(3)16-6-5-13(2)22-10-16/h5-6,9-10,14-15H,7-8,11H2,1-4H3,(H,23,27). The van der Waals surface area contributed by atoms with Gasteiger partial charge in [-0.25, -0.2) is 0 Å². The number of fused-ring (bicyclic) bond motifs is 1. The van der Waals surface area contributed by atoms with Gasteiger partial charge in [0.05, 0.1) is 11.7 Å². The van der Waals surface area contributed by atoms with Crippen molar-refractivity contribution in [2.45, 2.75) is 45.6 Å². The maximum Gasteiger partial charge on any atom is 0.258 e. The highest BCUT2D eigenvalue weighted by Crippen LogP contribution is 2.43. The molecule has 1 fully saturated rings. The van der Waals surface area contributed by atoms with Crippen LogP contribution in [0.5, 0.6) is 5.88 Å². The molecular formula is C21H25N5O2. The molecule has 3 heterocycles. The van der Waals surface area contributed by atoms with Crippen LogP contribution in [0.4, 0.5) is 0 Å². The molecule has 0 aliphatic heterocycles. The normalized spacial score (nSPS) is 14.9. The fraction of sp³-hybridized carbons (Fsp3) is 0.429. The fourth-order valence-electron chi connectivity index (χ4n) is 3.39. The third-order valence-electron chi connectivity index (χ3n) is 5.12. The van der Waals surface area contributed by atoms with E-state index in [1.54, 1.807) is 10.9 Å². The van der Waals surface area contributed by atoms with E-state index in [0.717, 1.165) is 33.5 Å². The number of amides is 1. The Balaban J connectivity index is 1.43. The minimum Gasteiger partial charge on any atom is -0.468 e. The zero-order chi connectivity index (χ0) is 19.8. The maximum atomic E-state index is 12.3. The molecule has 3 aromatic heterocycles. The SMILES string of the molecule is Cc1ccc(C(C)NC(=O)COc2cc(C)c3c(C4CC4)nn(C)c3n2)cn1. The van der Waals surface area contributed by atoms with E-state index in [1.807, 2.05) is 46.0 Å². The van der Waals surface area contributed by atoms with Crippen LogP contribution in [0, 0.1) is 13.8 Å². The first-order chi connectivity index (χ1) is 13.4. The van der Waals surface area contributed by atoms with E-state index in [4.69, 9.17) is 4.74 Å². The van der Waals surface area contributed by atoms with Crippen LogP contribution in [0.15, 0.2) is 24.4 Å². The Bertz CT molecular complexity index is 1020. The number of carbonyl (C=O) groups is 1. The number of pyridine rings is 2. The van der Waals surface area contributed by atoms with Gasteiger partial charge >= 0.3 is 0 Å². The molecule has 0 spiro atoms. The number of aryl methyl sites for hydroxylation is 3. The average molecular weight is 379 g/mol. The molecule has 0 aromatic carbocycles. The Kier molecular flexibility index (Phi) is 4.75. The van der Waals surface area contributed by atoms with Gasteiger partial charge in [-0.1, -0.05) is 6.07 Å². The number of ether oxygens (including phenoxy) is 1. The van der Waals surface area contributed by atoms with Crippen molar-refractivity contribution in [1.82, 2.24) is 25.1 Å². The third kappa shape index (κ3) is 3.69. The molecule has 0 saturated heterocycles. The van der Waals surface area contributed by atoms with Gasteiger partial charge in [0.15, 0.2) is 12.3 Å². The zero-order valence-electron chi connectivity index (χ0n) is 16.7. The van der Waals surface area contributed by atoms with Gasteiger partial charge in [0.1, 0.15) is 0 Å². The summed E-state index contributed by atoms with van der Waals surface area (Å²) in [6, 6.07) is 5.64. The zero-order valence-corrected chi connectivity index (χ0v) is 16.7. The molecule has 1 atom stereocenters. The average Bonchev–Trinajstić information content (AvgIpc) is 3.45. The van der Waals surface area contributed by atoms with Gasteiger partial charge in [0, 0.05) is 36.3 Å². The molecule has 28 heavy (non-hydrogen) atoms. The summed E-state index contributed by atoms with van der Waals surface area (Å²) in [6.45, 7) is 5.81. The highest BCUT2D eigenvalue weighted by molar-refractivity contribution is 5.84. The molecule has 1 amide bonds. The molecule has 0 radical (unpaired) electrons. The number of hydrogen-bond acceptors (Lipinski definition) is 5. The lowest BCUT2D eigenvalue weighted by atomic mass is 10.1. The van der Waals surface area contributed by atoms with Crippen LogP contribution in [0.1, 0.15) is 54.2 Å². The Hall–Kier alpha value is -2.96. The predicted molar refractivity (Wildman–Crippen MR) is 106 cm³/mol. The van der Waals surface area contributed by atoms with E-state index in [1.165, 1.54) is 12.8 Å². The molecule has 0 bridgehead atoms. The number of carbonyl (C=O) groups excluding carboxylic acids is 1. The van der Waals surface area contributed by atoms with E-state index in [2.05, 4.69) is 20.4 Å². The van der Waals surface area contributed by atoms with Gasteiger partial charge in [0.25, 0.3) is 5.91 Å². The Morgan fingerprint density at radius 3 is 2.82 bits per heavy atom. The molecular weight excluding hydrogens is 354 g/mol. The summed E-state index contributed by atoms with van der Waals surface area (Å²) in [6.07, 6.45) is 4.16. The summed E-state index contributed by atoms with van der Waals surface area (Å²) in [5.41, 5.74) is 4.91. The number of hydrogen-bond donors (Lipinski definition) is 1. The lowest BCUT2D eigenvalue weighted by molar-refractivity contribution is -0.123. The summed E-state index contributed by atoms with van der Waals surface area (Å²) in [4.78, 5) is 21.1. The lowest BCUT2D eigenvalue weighted by Crippen LogP contribution is -2.31. The molecule has 1 N–H and O–H groups in total. The third-order valence-corrected chi connectivity index (χ3v) is 5.12.